The summed E-state index contributed by atoms with van der Waals surface area (Å²) in [5.74, 6) is -0.610. The summed E-state index contributed by atoms with van der Waals surface area (Å²) in [6.07, 6.45) is 5.29. The van der Waals surface area contributed by atoms with E-state index in [2.05, 4.69) is 26.1 Å². The average Bonchev–Trinajstić information content (AvgIpc) is 2.23. The number of carboxylic acids is 1. The molecule has 0 aromatic heterocycles. The van der Waals surface area contributed by atoms with Crippen LogP contribution >= 0.6 is 0 Å². The van der Waals surface area contributed by atoms with Crippen LogP contribution in [0, 0.1) is 5.41 Å². The third-order valence-electron chi connectivity index (χ3n) is 2.74. The molecule has 0 fully saturated rings. The summed E-state index contributed by atoms with van der Waals surface area (Å²) < 4.78 is 0. The molecule has 2 N–H and O–H groups in total. The van der Waals surface area contributed by atoms with Gasteiger partial charge in [0, 0.05) is 19.4 Å². The van der Waals surface area contributed by atoms with Gasteiger partial charge >= 0.3 is 5.97 Å². The zero-order valence-electron chi connectivity index (χ0n) is 11.9. The quantitative estimate of drug-likeness (QED) is 0.624. The highest BCUT2D eigenvalue weighted by atomic mass is 16.4. The van der Waals surface area contributed by atoms with Crippen molar-refractivity contribution in [3.05, 3.63) is 0 Å². The largest absolute Gasteiger partial charge is 0.481 e. The molecule has 18 heavy (non-hydrogen) atoms. The van der Waals surface area contributed by atoms with Crippen molar-refractivity contribution in [3.63, 3.8) is 0 Å². The third-order valence-corrected chi connectivity index (χ3v) is 2.74. The Morgan fingerprint density at radius 1 is 1.00 bits per heavy atom. The first-order valence-corrected chi connectivity index (χ1v) is 6.80. The van der Waals surface area contributed by atoms with Crippen molar-refractivity contribution in [1.29, 1.82) is 0 Å². The summed E-state index contributed by atoms with van der Waals surface area (Å²) >= 11 is 0. The molecule has 0 saturated heterocycles. The van der Waals surface area contributed by atoms with Crippen LogP contribution < -0.4 is 5.32 Å². The molecule has 0 aliphatic heterocycles. The Labute approximate surface area is 110 Å². The molecule has 0 aliphatic rings. The molecule has 0 radical (unpaired) electrons. The highest BCUT2D eigenvalue weighted by Crippen LogP contribution is 2.20. The van der Waals surface area contributed by atoms with Crippen molar-refractivity contribution in [2.75, 3.05) is 6.54 Å². The third kappa shape index (κ3) is 13.0. The molecule has 106 valence electrons. The minimum atomic E-state index is -0.731. The van der Waals surface area contributed by atoms with Gasteiger partial charge in [0.25, 0.3) is 0 Å². The first kappa shape index (κ1) is 16.9. The van der Waals surface area contributed by atoms with Crippen molar-refractivity contribution in [3.8, 4) is 0 Å². The summed E-state index contributed by atoms with van der Waals surface area (Å²) in [4.78, 5) is 21.8. The van der Waals surface area contributed by atoms with Crippen LogP contribution in [0.4, 0.5) is 0 Å². The summed E-state index contributed by atoms with van der Waals surface area (Å²) in [5, 5.41) is 11.4. The Balaban J connectivity index is 3.33. The number of carbonyl (C=O) groups excluding carboxylic acids is 1. The zero-order valence-corrected chi connectivity index (χ0v) is 11.9. The topological polar surface area (TPSA) is 66.4 Å². The van der Waals surface area contributed by atoms with Gasteiger partial charge < -0.3 is 10.4 Å². The molecular weight excluding hydrogens is 230 g/mol. The maximum Gasteiger partial charge on any atom is 0.303 e. The standard InChI is InChI=1S/C14H27NO3/c1-14(2,3)10-9-12(16)15-11-7-5-4-6-8-13(17)18/h4-11H2,1-3H3,(H,15,16)(H,17,18). The first-order valence-electron chi connectivity index (χ1n) is 6.80. The Kier molecular flexibility index (Phi) is 8.42. The molecule has 0 spiro atoms. The van der Waals surface area contributed by atoms with Gasteiger partial charge in [-0.15, -0.1) is 0 Å². The lowest BCUT2D eigenvalue weighted by molar-refractivity contribution is -0.137. The number of carboxylic acid groups (broad SMARTS) is 1. The van der Waals surface area contributed by atoms with E-state index in [-0.39, 0.29) is 17.7 Å². The van der Waals surface area contributed by atoms with Crippen LogP contribution in [0.2, 0.25) is 0 Å². The molecule has 0 rings (SSSR count). The first-order chi connectivity index (χ1) is 8.31. The van der Waals surface area contributed by atoms with Gasteiger partial charge in [-0.05, 0) is 24.7 Å². The monoisotopic (exact) mass is 257 g/mol. The van der Waals surface area contributed by atoms with E-state index in [1.807, 2.05) is 0 Å². The van der Waals surface area contributed by atoms with Gasteiger partial charge in [-0.1, -0.05) is 33.6 Å². The van der Waals surface area contributed by atoms with Crippen molar-refractivity contribution >= 4 is 11.9 Å². The molecule has 1 amide bonds. The number of amides is 1. The molecule has 0 heterocycles. The van der Waals surface area contributed by atoms with E-state index in [0.29, 0.717) is 13.0 Å². The molecule has 0 aromatic rings. The molecule has 0 atom stereocenters. The van der Waals surface area contributed by atoms with E-state index in [1.54, 1.807) is 0 Å². The van der Waals surface area contributed by atoms with Gasteiger partial charge in [-0.2, -0.15) is 0 Å². The molecule has 4 heteroatoms. The number of unbranched alkanes of at least 4 members (excludes halogenated alkanes) is 3. The van der Waals surface area contributed by atoms with E-state index in [9.17, 15) is 9.59 Å². The summed E-state index contributed by atoms with van der Waals surface area (Å²) in [5.41, 5.74) is 0.203. The Morgan fingerprint density at radius 2 is 1.61 bits per heavy atom. The van der Waals surface area contributed by atoms with Crippen LogP contribution in [-0.4, -0.2) is 23.5 Å². The van der Waals surface area contributed by atoms with E-state index in [1.165, 1.54) is 0 Å². The lowest BCUT2D eigenvalue weighted by Gasteiger charge is -2.17. The van der Waals surface area contributed by atoms with Crippen molar-refractivity contribution in [2.45, 2.75) is 65.7 Å². The maximum absolute atomic E-state index is 11.5. The van der Waals surface area contributed by atoms with Gasteiger partial charge in [-0.25, -0.2) is 0 Å². The lowest BCUT2D eigenvalue weighted by Crippen LogP contribution is -2.25. The predicted molar refractivity (Wildman–Crippen MR) is 72.4 cm³/mol. The fraction of sp³-hybridized carbons (Fsp3) is 0.857. The molecule has 0 unspecified atom stereocenters. The predicted octanol–water partition coefficient (Wildman–Crippen LogP) is 2.96. The Morgan fingerprint density at radius 3 is 2.17 bits per heavy atom. The maximum atomic E-state index is 11.5. The number of nitrogens with one attached hydrogen (secondary N) is 1. The molecule has 0 saturated carbocycles. The highest BCUT2D eigenvalue weighted by molar-refractivity contribution is 5.75. The normalized spacial score (nSPS) is 11.3. The second-order valence-corrected chi connectivity index (χ2v) is 5.97. The van der Waals surface area contributed by atoms with Crippen LogP contribution in [0.5, 0.6) is 0 Å². The molecule has 4 nitrogen and oxygen atoms in total. The summed E-state index contributed by atoms with van der Waals surface area (Å²) in [7, 11) is 0. The van der Waals surface area contributed by atoms with Crippen molar-refractivity contribution < 1.29 is 14.7 Å². The summed E-state index contributed by atoms with van der Waals surface area (Å²) in [6, 6.07) is 0. The number of hydrogen-bond donors (Lipinski definition) is 2. The average molecular weight is 257 g/mol. The fourth-order valence-electron chi connectivity index (χ4n) is 1.56. The van der Waals surface area contributed by atoms with Gasteiger partial charge in [-0.3, -0.25) is 9.59 Å². The van der Waals surface area contributed by atoms with Gasteiger partial charge in [0.2, 0.25) is 5.91 Å². The second kappa shape index (κ2) is 8.95. The smallest absolute Gasteiger partial charge is 0.303 e. The molecule has 0 aliphatic carbocycles. The van der Waals surface area contributed by atoms with Crippen molar-refractivity contribution in [1.82, 2.24) is 5.32 Å². The van der Waals surface area contributed by atoms with E-state index >= 15 is 0 Å². The van der Waals surface area contributed by atoms with Crippen LogP contribution in [0.25, 0.3) is 0 Å². The number of aliphatic carboxylic acids is 1. The molecule has 0 aromatic carbocycles. The van der Waals surface area contributed by atoms with Gasteiger partial charge in [0.15, 0.2) is 0 Å². The fourth-order valence-corrected chi connectivity index (χ4v) is 1.56. The minimum absolute atomic E-state index is 0.121. The van der Waals surface area contributed by atoms with E-state index < -0.39 is 5.97 Å². The number of rotatable bonds is 9. The number of carbonyl (C=O) groups is 2. The Hall–Kier alpha value is -1.06. The van der Waals surface area contributed by atoms with Gasteiger partial charge in [0.1, 0.15) is 0 Å². The lowest BCUT2D eigenvalue weighted by atomic mass is 9.90. The van der Waals surface area contributed by atoms with E-state index in [0.717, 1.165) is 32.1 Å². The van der Waals surface area contributed by atoms with Crippen LogP contribution in [-0.2, 0) is 9.59 Å². The Bertz CT molecular complexity index is 256. The SMILES string of the molecule is CC(C)(C)CCC(=O)NCCCCCCC(=O)O. The second-order valence-electron chi connectivity index (χ2n) is 5.97. The highest BCUT2D eigenvalue weighted by Gasteiger charge is 2.12. The van der Waals surface area contributed by atoms with Crippen LogP contribution in [0.3, 0.4) is 0 Å². The minimum Gasteiger partial charge on any atom is -0.481 e. The van der Waals surface area contributed by atoms with Crippen LogP contribution in [0.15, 0.2) is 0 Å². The summed E-state index contributed by atoms with van der Waals surface area (Å²) in [6.45, 7) is 7.09. The molecular formula is C14H27NO3. The number of hydrogen-bond acceptors (Lipinski definition) is 2. The molecule has 0 bridgehead atoms. The van der Waals surface area contributed by atoms with E-state index in [4.69, 9.17) is 5.11 Å². The van der Waals surface area contributed by atoms with Gasteiger partial charge in [0.05, 0.1) is 0 Å². The van der Waals surface area contributed by atoms with Crippen molar-refractivity contribution in [2.24, 2.45) is 5.41 Å². The van der Waals surface area contributed by atoms with Crippen LogP contribution in [0.1, 0.15) is 65.7 Å². The zero-order chi connectivity index (χ0) is 14.0.